The average molecular weight is 630 g/mol. The van der Waals surface area contributed by atoms with Crippen LogP contribution in [-0.4, -0.2) is 0 Å². The Morgan fingerprint density at radius 2 is 0.833 bits per heavy atom. The quantitative estimate of drug-likeness (QED) is 0.177. The van der Waals surface area contributed by atoms with Gasteiger partial charge in [-0.1, -0.05) is 133 Å². The monoisotopic (exact) mass is 629 g/mol. The highest BCUT2D eigenvalue weighted by molar-refractivity contribution is 7.25. The third-order valence-corrected chi connectivity index (χ3v) is 10.4. The van der Waals surface area contributed by atoms with Crippen molar-refractivity contribution in [2.45, 2.75) is 0 Å². The minimum atomic E-state index is 1.12. The van der Waals surface area contributed by atoms with E-state index in [-0.39, 0.29) is 0 Å². The summed E-state index contributed by atoms with van der Waals surface area (Å²) in [4.78, 5) is 2.36. The van der Waals surface area contributed by atoms with Gasteiger partial charge in [0.25, 0.3) is 0 Å². The van der Waals surface area contributed by atoms with Gasteiger partial charge in [0.15, 0.2) is 0 Å². The lowest BCUT2D eigenvalue weighted by Crippen LogP contribution is -2.10. The van der Waals surface area contributed by atoms with Crippen LogP contribution in [0.2, 0.25) is 0 Å². The summed E-state index contributed by atoms with van der Waals surface area (Å²) >= 11 is 1.86. The van der Waals surface area contributed by atoms with E-state index in [2.05, 4.69) is 193 Å². The van der Waals surface area contributed by atoms with Crippen molar-refractivity contribution in [2.75, 3.05) is 4.90 Å². The van der Waals surface area contributed by atoms with E-state index < -0.39 is 0 Å². The Morgan fingerprint density at radius 1 is 0.292 bits per heavy atom. The topological polar surface area (TPSA) is 3.24 Å². The van der Waals surface area contributed by atoms with Crippen LogP contribution in [0.5, 0.6) is 0 Å². The molecule has 1 nitrogen and oxygen atoms in total. The Bertz CT molecular complexity index is 2540. The van der Waals surface area contributed by atoms with Crippen molar-refractivity contribution in [1.29, 1.82) is 0 Å². The molecule has 0 saturated heterocycles. The maximum absolute atomic E-state index is 2.36. The third-order valence-electron chi connectivity index (χ3n) is 9.26. The molecule has 9 aromatic rings. The van der Waals surface area contributed by atoms with Gasteiger partial charge in [-0.25, -0.2) is 0 Å². The highest BCUT2D eigenvalue weighted by Gasteiger charge is 2.15. The van der Waals surface area contributed by atoms with Crippen molar-refractivity contribution in [3.63, 3.8) is 0 Å². The lowest BCUT2D eigenvalue weighted by Gasteiger charge is -2.26. The van der Waals surface area contributed by atoms with E-state index in [0.717, 1.165) is 17.1 Å². The summed E-state index contributed by atoms with van der Waals surface area (Å²) in [6.07, 6.45) is 0. The smallest absolute Gasteiger partial charge is 0.0467 e. The maximum Gasteiger partial charge on any atom is 0.0467 e. The molecule has 0 aliphatic heterocycles. The molecular formula is C46H31NS. The molecule has 1 heterocycles. The minimum absolute atomic E-state index is 1.12. The number of hydrogen-bond acceptors (Lipinski definition) is 2. The number of rotatable bonds is 6. The average Bonchev–Trinajstić information content (AvgIpc) is 3.54. The van der Waals surface area contributed by atoms with Crippen LogP contribution in [0.15, 0.2) is 188 Å². The molecule has 0 bridgehead atoms. The summed E-state index contributed by atoms with van der Waals surface area (Å²) in [7, 11) is 0. The molecule has 0 aliphatic carbocycles. The molecule has 0 unspecified atom stereocenters. The Morgan fingerprint density at radius 3 is 1.62 bits per heavy atom. The van der Waals surface area contributed by atoms with Crippen LogP contribution in [-0.2, 0) is 0 Å². The number of anilines is 3. The summed E-state index contributed by atoms with van der Waals surface area (Å²) in [5.74, 6) is 0. The van der Waals surface area contributed by atoms with E-state index >= 15 is 0 Å². The highest BCUT2D eigenvalue weighted by Crippen LogP contribution is 2.40. The fourth-order valence-corrected chi connectivity index (χ4v) is 7.93. The van der Waals surface area contributed by atoms with Crippen molar-refractivity contribution in [2.24, 2.45) is 0 Å². The lowest BCUT2D eigenvalue weighted by molar-refractivity contribution is 1.28. The van der Waals surface area contributed by atoms with E-state index in [9.17, 15) is 0 Å². The second-order valence-electron chi connectivity index (χ2n) is 12.2. The van der Waals surface area contributed by atoms with Crippen LogP contribution in [0.3, 0.4) is 0 Å². The molecule has 8 aromatic carbocycles. The van der Waals surface area contributed by atoms with Crippen LogP contribution in [0, 0.1) is 0 Å². The second kappa shape index (κ2) is 12.0. The van der Waals surface area contributed by atoms with Crippen molar-refractivity contribution in [1.82, 2.24) is 0 Å². The van der Waals surface area contributed by atoms with Crippen molar-refractivity contribution >= 4 is 59.3 Å². The predicted molar refractivity (Wildman–Crippen MR) is 208 cm³/mol. The van der Waals surface area contributed by atoms with Gasteiger partial charge in [0.05, 0.1) is 0 Å². The standard InChI is InChI=1S/C46H31NS/c1-2-9-32(10-3-1)34-19-24-40(25-20-34)47(42-14-8-13-37(30-42)38-18-17-33-11-4-5-12-36(33)29-38)41-26-21-35(22-27-41)39-23-28-44-43-15-6-7-16-45(43)48-46(44)31-39/h1-31H. The molecule has 0 saturated carbocycles. The Labute approximate surface area is 284 Å². The van der Waals surface area contributed by atoms with Crippen LogP contribution in [0.25, 0.3) is 64.3 Å². The Balaban J connectivity index is 1.11. The number of benzene rings is 8. The SMILES string of the molecule is c1ccc(-c2ccc(N(c3ccc(-c4ccc5c(c4)sc4ccccc45)cc3)c3cccc(-c4ccc5ccccc5c4)c3)cc2)cc1. The summed E-state index contributed by atoms with van der Waals surface area (Å²) in [5, 5.41) is 5.16. The van der Waals surface area contributed by atoms with Gasteiger partial charge in [-0.05, 0) is 98.8 Å². The molecule has 0 spiro atoms. The molecule has 226 valence electrons. The van der Waals surface area contributed by atoms with Gasteiger partial charge >= 0.3 is 0 Å². The zero-order valence-electron chi connectivity index (χ0n) is 26.3. The first-order valence-electron chi connectivity index (χ1n) is 16.3. The first-order valence-corrected chi connectivity index (χ1v) is 17.2. The molecule has 1 aromatic heterocycles. The first-order chi connectivity index (χ1) is 23.8. The molecule has 0 aliphatic rings. The molecule has 0 atom stereocenters. The van der Waals surface area contributed by atoms with Gasteiger partial charge in [-0.2, -0.15) is 0 Å². The van der Waals surface area contributed by atoms with Gasteiger partial charge in [0.1, 0.15) is 0 Å². The first kappa shape index (κ1) is 28.3. The molecule has 0 amide bonds. The normalized spacial score (nSPS) is 11.3. The van der Waals surface area contributed by atoms with Gasteiger partial charge in [0, 0.05) is 37.2 Å². The van der Waals surface area contributed by atoms with E-state index in [1.807, 2.05) is 11.3 Å². The van der Waals surface area contributed by atoms with Crippen LogP contribution < -0.4 is 4.90 Å². The van der Waals surface area contributed by atoms with E-state index in [4.69, 9.17) is 0 Å². The van der Waals surface area contributed by atoms with Crippen molar-refractivity contribution < 1.29 is 0 Å². The van der Waals surface area contributed by atoms with Crippen LogP contribution >= 0.6 is 11.3 Å². The minimum Gasteiger partial charge on any atom is -0.310 e. The fourth-order valence-electron chi connectivity index (χ4n) is 6.78. The molecule has 0 fully saturated rings. The zero-order chi connectivity index (χ0) is 31.9. The number of nitrogens with zero attached hydrogens (tertiary/aromatic N) is 1. The Hall–Kier alpha value is -5.96. The molecule has 48 heavy (non-hydrogen) atoms. The van der Waals surface area contributed by atoms with E-state index in [1.165, 1.54) is 64.3 Å². The lowest BCUT2D eigenvalue weighted by atomic mass is 10.00. The summed E-state index contributed by atoms with van der Waals surface area (Å²) in [6, 6.07) is 68.2. The van der Waals surface area contributed by atoms with Gasteiger partial charge in [0.2, 0.25) is 0 Å². The van der Waals surface area contributed by atoms with Crippen LogP contribution in [0.4, 0.5) is 17.1 Å². The second-order valence-corrected chi connectivity index (χ2v) is 13.3. The molecular weight excluding hydrogens is 599 g/mol. The third kappa shape index (κ3) is 5.23. The Kier molecular flexibility index (Phi) is 7.07. The molecule has 2 heteroatoms. The predicted octanol–water partition coefficient (Wildman–Crippen LogP) is 13.7. The van der Waals surface area contributed by atoms with E-state index in [1.54, 1.807) is 0 Å². The van der Waals surface area contributed by atoms with Crippen molar-refractivity contribution in [3.05, 3.63) is 188 Å². The summed E-state index contributed by atoms with van der Waals surface area (Å²) in [5.41, 5.74) is 10.6. The van der Waals surface area contributed by atoms with Gasteiger partial charge in [-0.3, -0.25) is 0 Å². The summed E-state index contributed by atoms with van der Waals surface area (Å²) in [6.45, 7) is 0. The molecule has 9 rings (SSSR count). The molecule has 0 radical (unpaired) electrons. The van der Waals surface area contributed by atoms with Gasteiger partial charge < -0.3 is 4.90 Å². The highest BCUT2D eigenvalue weighted by atomic mass is 32.1. The largest absolute Gasteiger partial charge is 0.310 e. The number of thiophene rings is 1. The summed E-state index contributed by atoms with van der Waals surface area (Å²) < 4.78 is 2.66. The molecule has 0 N–H and O–H groups in total. The number of fused-ring (bicyclic) bond motifs is 4. The van der Waals surface area contributed by atoms with Crippen molar-refractivity contribution in [3.8, 4) is 33.4 Å². The number of hydrogen-bond donors (Lipinski definition) is 0. The van der Waals surface area contributed by atoms with Crippen LogP contribution in [0.1, 0.15) is 0 Å². The zero-order valence-corrected chi connectivity index (χ0v) is 27.1. The van der Waals surface area contributed by atoms with E-state index in [0.29, 0.717) is 0 Å². The van der Waals surface area contributed by atoms with Gasteiger partial charge in [-0.15, -0.1) is 11.3 Å². The fraction of sp³-hybridized carbons (Fsp3) is 0. The maximum atomic E-state index is 2.36.